The maximum Gasteiger partial charge on any atom is 0.240 e. The van der Waals surface area contributed by atoms with Gasteiger partial charge in [-0.2, -0.15) is 0 Å². The van der Waals surface area contributed by atoms with Crippen molar-refractivity contribution >= 4 is 15.7 Å². The Labute approximate surface area is 124 Å². The minimum atomic E-state index is -3.77. The van der Waals surface area contributed by atoms with Gasteiger partial charge in [-0.25, -0.2) is 17.5 Å². The number of hydrogen-bond donors (Lipinski definition) is 2. The van der Waals surface area contributed by atoms with Crippen LogP contribution in [0.4, 0.5) is 10.1 Å². The predicted octanol–water partition coefficient (Wildman–Crippen LogP) is 2.13. The number of nitrogen functional groups attached to an aromatic ring is 1. The zero-order valence-electron chi connectivity index (χ0n) is 12.2. The van der Waals surface area contributed by atoms with E-state index in [0.29, 0.717) is 18.4 Å². The van der Waals surface area contributed by atoms with Gasteiger partial charge in [0, 0.05) is 6.54 Å². The normalized spacial score (nSPS) is 22.4. The summed E-state index contributed by atoms with van der Waals surface area (Å²) >= 11 is 0. The minimum absolute atomic E-state index is 0.0351. The fourth-order valence-electron chi connectivity index (χ4n) is 2.78. The van der Waals surface area contributed by atoms with Gasteiger partial charge < -0.3 is 10.5 Å². The molecule has 1 saturated carbocycles. The van der Waals surface area contributed by atoms with Crippen molar-refractivity contribution in [2.45, 2.75) is 31.1 Å². The van der Waals surface area contributed by atoms with Crippen LogP contribution in [0.15, 0.2) is 17.0 Å². The van der Waals surface area contributed by atoms with Gasteiger partial charge in [-0.3, -0.25) is 0 Å². The van der Waals surface area contributed by atoms with Gasteiger partial charge in [0.15, 0.2) is 11.6 Å². The highest BCUT2D eigenvalue weighted by molar-refractivity contribution is 7.89. The molecule has 21 heavy (non-hydrogen) atoms. The largest absolute Gasteiger partial charge is 0.492 e. The Morgan fingerprint density at radius 3 is 2.67 bits per heavy atom. The first-order valence-corrected chi connectivity index (χ1v) is 8.46. The summed E-state index contributed by atoms with van der Waals surface area (Å²) in [7, 11) is -2.49. The molecule has 0 aromatic heterocycles. The minimum Gasteiger partial charge on any atom is -0.492 e. The lowest BCUT2D eigenvalue weighted by Crippen LogP contribution is -2.30. The van der Waals surface area contributed by atoms with Crippen molar-refractivity contribution in [2.75, 3.05) is 19.4 Å². The molecule has 1 aliphatic rings. The third kappa shape index (κ3) is 3.47. The van der Waals surface area contributed by atoms with Crippen LogP contribution in [0.2, 0.25) is 0 Å². The molecule has 118 valence electrons. The summed E-state index contributed by atoms with van der Waals surface area (Å²) in [5, 5.41) is 0. The fraction of sp³-hybridized carbons (Fsp3) is 0.571. The second kappa shape index (κ2) is 6.19. The molecule has 3 N–H and O–H groups in total. The molecular formula is C14H21FN2O3S. The van der Waals surface area contributed by atoms with E-state index in [1.165, 1.54) is 13.2 Å². The number of nitrogens with one attached hydrogen (secondary N) is 1. The number of nitrogens with two attached hydrogens (primary N) is 1. The van der Waals surface area contributed by atoms with Gasteiger partial charge in [0.2, 0.25) is 10.0 Å². The van der Waals surface area contributed by atoms with Crippen LogP contribution >= 0.6 is 0 Å². The fourth-order valence-corrected chi connectivity index (χ4v) is 3.93. The number of methoxy groups -OCH3 is 1. The summed E-state index contributed by atoms with van der Waals surface area (Å²) in [6.07, 6.45) is 3.26. The number of sulfonamides is 1. The van der Waals surface area contributed by atoms with E-state index < -0.39 is 15.8 Å². The number of benzene rings is 1. The summed E-state index contributed by atoms with van der Waals surface area (Å²) in [5.41, 5.74) is 5.58. The summed E-state index contributed by atoms with van der Waals surface area (Å²) in [4.78, 5) is -0.177. The molecule has 5 nitrogen and oxygen atoms in total. The number of halogens is 1. The zero-order chi connectivity index (χ0) is 15.6. The highest BCUT2D eigenvalue weighted by Gasteiger charge is 2.26. The molecule has 0 radical (unpaired) electrons. The second-order valence-corrected chi connectivity index (χ2v) is 7.31. The molecule has 0 spiro atoms. The molecule has 7 heteroatoms. The van der Waals surface area contributed by atoms with Gasteiger partial charge >= 0.3 is 0 Å². The average molecular weight is 316 g/mol. The van der Waals surface area contributed by atoms with Crippen LogP contribution in [-0.4, -0.2) is 22.1 Å². The first-order chi connectivity index (χ1) is 9.85. The molecule has 0 bridgehead atoms. The first kappa shape index (κ1) is 16.0. The van der Waals surface area contributed by atoms with Crippen LogP contribution in [0, 0.1) is 17.7 Å². The molecule has 0 amide bonds. The summed E-state index contributed by atoms with van der Waals surface area (Å²) in [6, 6.07) is 2.14. The van der Waals surface area contributed by atoms with E-state index in [4.69, 9.17) is 10.5 Å². The van der Waals surface area contributed by atoms with E-state index >= 15 is 0 Å². The van der Waals surface area contributed by atoms with Crippen LogP contribution in [0.1, 0.15) is 26.2 Å². The number of anilines is 1. The maximum absolute atomic E-state index is 13.7. The lowest BCUT2D eigenvalue weighted by Gasteiger charge is -2.16. The van der Waals surface area contributed by atoms with E-state index in [2.05, 4.69) is 11.6 Å². The monoisotopic (exact) mass is 316 g/mol. The maximum atomic E-state index is 13.7. The van der Waals surface area contributed by atoms with Gasteiger partial charge in [-0.05, 0) is 30.4 Å². The molecule has 2 rings (SSSR count). The Bertz CT molecular complexity index is 596. The van der Waals surface area contributed by atoms with Crippen molar-refractivity contribution in [2.24, 2.45) is 11.8 Å². The van der Waals surface area contributed by atoms with Gasteiger partial charge in [-0.1, -0.05) is 19.8 Å². The molecule has 1 aromatic carbocycles. The molecule has 0 saturated heterocycles. The van der Waals surface area contributed by atoms with Crippen LogP contribution in [-0.2, 0) is 10.0 Å². The lowest BCUT2D eigenvalue weighted by molar-refractivity contribution is 0.388. The Balaban J connectivity index is 2.16. The van der Waals surface area contributed by atoms with Crippen molar-refractivity contribution in [1.29, 1.82) is 0 Å². The summed E-state index contributed by atoms with van der Waals surface area (Å²) < 4.78 is 45.5. The van der Waals surface area contributed by atoms with Gasteiger partial charge in [0.05, 0.1) is 17.7 Å². The standard InChI is InChI=1S/C14H21FN2O3S/c1-9-4-3-5-10(9)8-17-21(18,19)11-6-12(15)14(20-2)13(16)7-11/h6-7,9-10,17H,3-5,8,16H2,1-2H3. The van der Waals surface area contributed by atoms with Crippen molar-refractivity contribution in [3.63, 3.8) is 0 Å². The third-order valence-electron chi connectivity index (χ3n) is 4.13. The molecule has 2 unspecified atom stereocenters. The van der Waals surface area contributed by atoms with E-state index in [9.17, 15) is 12.8 Å². The molecule has 1 aromatic rings. The van der Waals surface area contributed by atoms with Crippen molar-refractivity contribution in [3.8, 4) is 5.75 Å². The summed E-state index contributed by atoms with van der Waals surface area (Å²) in [6.45, 7) is 2.49. The van der Waals surface area contributed by atoms with Crippen molar-refractivity contribution in [1.82, 2.24) is 4.72 Å². The number of hydrogen-bond acceptors (Lipinski definition) is 4. The predicted molar refractivity (Wildman–Crippen MR) is 79.1 cm³/mol. The second-order valence-electron chi connectivity index (χ2n) is 5.55. The Hall–Kier alpha value is -1.34. The Morgan fingerprint density at radius 2 is 2.14 bits per heavy atom. The van der Waals surface area contributed by atoms with E-state index in [1.807, 2.05) is 0 Å². The third-order valence-corrected chi connectivity index (χ3v) is 5.54. The molecule has 1 fully saturated rings. The Morgan fingerprint density at radius 1 is 1.43 bits per heavy atom. The first-order valence-electron chi connectivity index (χ1n) is 6.98. The highest BCUT2D eigenvalue weighted by Crippen LogP contribution is 2.31. The number of rotatable bonds is 5. The quantitative estimate of drug-likeness (QED) is 0.815. The SMILES string of the molecule is COc1c(N)cc(S(=O)(=O)NCC2CCCC2C)cc1F. The molecular weight excluding hydrogens is 295 g/mol. The highest BCUT2D eigenvalue weighted by atomic mass is 32.2. The molecule has 0 aliphatic heterocycles. The number of ether oxygens (including phenoxy) is 1. The molecule has 2 atom stereocenters. The topological polar surface area (TPSA) is 81.4 Å². The average Bonchev–Trinajstić information content (AvgIpc) is 2.81. The van der Waals surface area contributed by atoms with Gasteiger partial charge in [-0.15, -0.1) is 0 Å². The van der Waals surface area contributed by atoms with E-state index in [-0.39, 0.29) is 16.3 Å². The Kier molecular flexibility index (Phi) is 4.73. The van der Waals surface area contributed by atoms with Crippen LogP contribution in [0.5, 0.6) is 5.75 Å². The lowest BCUT2D eigenvalue weighted by atomic mass is 9.99. The molecule has 0 heterocycles. The van der Waals surface area contributed by atoms with Crippen LogP contribution in [0.3, 0.4) is 0 Å². The van der Waals surface area contributed by atoms with Gasteiger partial charge in [0.1, 0.15) is 0 Å². The van der Waals surface area contributed by atoms with Crippen LogP contribution < -0.4 is 15.2 Å². The molecule has 1 aliphatic carbocycles. The zero-order valence-corrected chi connectivity index (χ0v) is 13.0. The van der Waals surface area contributed by atoms with E-state index in [0.717, 1.165) is 25.3 Å². The van der Waals surface area contributed by atoms with Crippen molar-refractivity contribution in [3.05, 3.63) is 17.9 Å². The van der Waals surface area contributed by atoms with E-state index in [1.54, 1.807) is 0 Å². The van der Waals surface area contributed by atoms with Gasteiger partial charge in [0.25, 0.3) is 0 Å². The summed E-state index contributed by atoms with van der Waals surface area (Å²) in [5.74, 6) is -0.0870. The smallest absolute Gasteiger partial charge is 0.240 e. The van der Waals surface area contributed by atoms with Crippen LogP contribution in [0.25, 0.3) is 0 Å². The van der Waals surface area contributed by atoms with Crippen molar-refractivity contribution < 1.29 is 17.5 Å².